The van der Waals surface area contributed by atoms with Crippen LogP contribution in [0.2, 0.25) is 0 Å². The highest BCUT2D eigenvalue weighted by Crippen LogP contribution is 2.22. The van der Waals surface area contributed by atoms with Crippen molar-refractivity contribution in [2.75, 3.05) is 0 Å². The molecule has 0 radical (unpaired) electrons. The van der Waals surface area contributed by atoms with Crippen molar-refractivity contribution in [1.82, 2.24) is 4.98 Å². The van der Waals surface area contributed by atoms with Gasteiger partial charge in [0.2, 0.25) is 0 Å². The van der Waals surface area contributed by atoms with Crippen LogP contribution in [0.15, 0.2) is 42.6 Å². The molecule has 1 aromatic carbocycles. The number of carboxylic acids is 1. The van der Waals surface area contributed by atoms with E-state index < -0.39 is 5.97 Å². The van der Waals surface area contributed by atoms with Crippen LogP contribution in [-0.2, 0) is 6.54 Å². The van der Waals surface area contributed by atoms with Crippen molar-refractivity contribution >= 4 is 5.97 Å². The van der Waals surface area contributed by atoms with Gasteiger partial charge in [-0.1, -0.05) is 24.3 Å². The minimum atomic E-state index is -0.941. The number of hydrogen-bond donors (Lipinski definition) is 2. The Bertz CT molecular complexity index is 535. The zero-order valence-corrected chi connectivity index (χ0v) is 9.13. The lowest BCUT2D eigenvalue weighted by Crippen LogP contribution is -2.01. The van der Waals surface area contributed by atoms with Gasteiger partial charge in [0.05, 0.1) is 11.3 Å². The molecule has 17 heavy (non-hydrogen) atoms. The molecular weight excluding hydrogens is 216 g/mol. The molecule has 4 heteroatoms. The smallest absolute Gasteiger partial charge is 0.336 e. The Balaban J connectivity index is 2.48. The molecule has 0 atom stereocenters. The number of nitrogens with zero attached hydrogens (tertiary/aromatic N) is 1. The Morgan fingerprint density at radius 3 is 2.59 bits per heavy atom. The van der Waals surface area contributed by atoms with E-state index >= 15 is 0 Å². The van der Waals surface area contributed by atoms with Gasteiger partial charge in [-0.2, -0.15) is 0 Å². The van der Waals surface area contributed by atoms with Crippen LogP contribution in [0.25, 0.3) is 11.1 Å². The Kier molecular flexibility index (Phi) is 3.16. The van der Waals surface area contributed by atoms with Gasteiger partial charge in [0.25, 0.3) is 0 Å². The van der Waals surface area contributed by atoms with Crippen molar-refractivity contribution in [2.24, 2.45) is 5.73 Å². The number of hydrogen-bond acceptors (Lipinski definition) is 3. The van der Waals surface area contributed by atoms with Gasteiger partial charge < -0.3 is 10.8 Å². The molecule has 0 saturated heterocycles. The van der Waals surface area contributed by atoms with Crippen LogP contribution in [0, 0.1) is 0 Å². The van der Waals surface area contributed by atoms with Crippen molar-refractivity contribution in [1.29, 1.82) is 0 Å². The molecule has 0 spiro atoms. The maximum absolute atomic E-state index is 11.1. The van der Waals surface area contributed by atoms with E-state index in [2.05, 4.69) is 4.98 Å². The predicted octanol–water partition coefficient (Wildman–Crippen LogP) is 1.91. The number of pyridine rings is 1. The highest BCUT2D eigenvalue weighted by molar-refractivity contribution is 5.95. The molecule has 2 rings (SSSR count). The van der Waals surface area contributed by atoms with Crippen molar-refractivity contribution in [3.05, 3.63) is 53.9 Å². The van der Waals surface area contributed by atoms with Gasteiger partial charge in [-0.3, -0.25) is 4.98 Å². The maximum Gasteiger partial charge on any atom is 0.336 e. The molecule has 0 amide bonds. The number of benzene rings is 1. The van der Waals surface area contributed by atoms with Crippen molar-refractivity contribution < 1.29 is 9.90 Å². The van der Waals surface area contributed by atoms with E-state index in [4.69, 9.17) is 10.8 Å². The quantitative estimate of drug-likeness (QED) is 0.841. The second kappa shape index (κ2) is 4.76. The number of carbonyl (C=O) groups is 1. The SMILES string of the molecule is NCc1ccc(-c2ccccc2C(=O)O)cn1. The van der Waals surface area contributed by atoms with Gasteiger partial charge in [0.1, 0.15) is 0 Å². The number of aromatic nitrogens is 1. The lowest BCUT2D eigenvalue weighted by atomic mass is 10.0. The first kappa shape index (κ1) is 11.3. The Hall–Kier alpha value is -2.20. The average Bonchev–Trinajstić information content (AvgIpc) is 2.39. The molecule has 1 aromatic heterocycles. The predicted molar refractivity (Wildman–Crippen MR) is 64.5 cm³/mol. The van der Waals surface area contributed by atoms with E-state index in [1.807, 2.05) is 6.07 Å². The second-order valence-corrected chi connectivity index (χ2v) is 3.59. The molecular formula is C13H12N2O2. The fraction of sp³-hybridized carbons (Fsp3) is 0.0769. The topological polar surface area (TPSA) is 76.2 Å². The van der Waals surface area contributed by atoms with Crippen LogP contribution in [-0.4, -0.2) is 16.1 Å². The van der Waals surface area contributed by atoms with Crippen molar-refractivity contribution in [3.8, 4) is 11.1 Å². The molecule has 4 nitrogen and oxygen atoms in total. The largest absolute Gasteiger partial charge is 0.478 e. The summed E-state index contributed by atoms with van der Waals surface area (Å²) in [5, 5.41) is 9.09. The molecule has 2 aromatic rings. The first-order valence-corrected chi connectivity index (χ1v) is 5.20. The van der Waals surface area contributed by atoms with E-state index in [0.29, 0.717) is 12.1 Å². The van der Waals surface area contributed by atoms with Gasteiger partial charge in [-0.25, -0.2) is 4.79 Å². The summed E-state index contributed by atoms with van der Waals surface area (Å²) in [7, 11) is 0. The van der Waals surface area contributed by atoms with Crippen LogP contribution < -0.4 is 5.73 Å². The Morgan fingerprint density at radius 1 is 1.24 bits per heavy atom. The van der Waals surface area contributed by atoms with E-state index in [1.165, 1.54) is 0 Å². The zero-order chi connectivity index (χ0) is 12.3. The molecule has 1 heterocycles. The van der Waals surface area contributed by atoms with Crippen LogP contribution in [0.1, 0.15) is 16.1 Å². The minimum Gasteiger partial charge on any atom is -0.478 e. The molecule has 3 N–H and O–H groups in total. The highest BCUT2D eigenvalue weighted by atomic mass is 16.4. The summed E-state index contributed by atoms with van der Waals surface area (Å²) in [6.45, 7) is 0.376. The fourth-order valence-corrected chi connectivity index (χ4v) is 1.63. The first-order chi connectivity index (χ1) is 8.22. The number of aromatic carboxylic acids is 1. The fourth-order valence-electron chi connectivity index (χ4n) is 1.63. The number of rotatable bonds is 3. The molecule has 0 unspecified atom stereocenters. The molecule has 0 fully saturated rings. The first-order valence-electron chi connectivity index (χ1n) is 5.20. The van der Waals surface area contributed by atoms with Crippen LogP contribution >= 0.6 is 0 Å². The van der Waals surface area contributed by atoms with E-state index in [1.54, 1.807) is 36.5 Å². The normalized spacial score (nSPS) is 10.2. The van der Waals surface area contributed by atoms with Gasteiger partial charge in [0, 0.05) is 18.3 Å². The van der Waals surface area contributed by atoms with E-state index in [-0.39, 0.29) is 5.56 Å². The molecule has 0 aliphatic carbocycles. The van der Waals surface area contributed by atoms with Crippen molar-refractivity contribution in [2.45, 2.75) is 6.54 Å². The van der Waals surface area contributed by atoms with Crippen LogP contribution in [0.3, 0.4) is 0 Å². The third-order valence-corrected chi connectivity index (χ3v) is 2.50. The summed E-state index contributed by atoms with van der Waals surface area (Å²) in [4.78, 5) is 15.2. The zero-order valence-electron chi connectivity index (χ0n) is 9.13. The number of nitrogens with two attached hydrogens (primary N) is 1. The highest BCUT2D eigenvalue weighted by Gasteiger charge is 2.10. The molecule has 86 valence electrons. The second-order valence-electron chi connectivity index (χ2n) is 3.59. The summed E-state index contributed by atoms with van der Waals surface area (Å²) in [6.07, 6.45) is 1.64. The number of carboxylic acid groups (broad SMARTS) is 1. The monoisotopic (exact) mass is 228 g/mol. The lowest BCUT2D eigenvalue weighted by molar-refractivity contribution is 0.0697. The standard InChI is InChI=1S/C13H12N2O2/c14-7-10-6-5-9(8-15-10)11-3-1-2-4-12(11)13(16)17/h1-6,8H,7,14H2,(H,16,17). The Morgan fingerprint density at radius 2 is 2.00 bits per heavy atom. The van der Waals surface area contributed by atoms with Gasteiger partial charge in [-0.05, 0) is 17.7 Å². The van der Waals surface area contributed by atoms with Gasteiger partial charge >= 0.3 is 5.97 Å². The van der Waals surface area contributed by atoms with E-state index in [9.17, 15) is 4.79 Å². The summed E-state index contributed by atoms with van der Waals surface area (Å²) in [5.74, 6) is -0.941. The summed E-state index contributed by atoms with van der Waals surface area (Å²) in [6, 6.07) is 10.5. The average molecular weight is 228 g/mol. The third-order valence-electron chi connectivity index (χ3n) is 2.50. The summed E-state index contributed by atoms with van der Waals surface area (Å²) < 4.78 is 0. The summed E-state index contributed by atoms with van der Waals surface area (Å²) in [5.41, 5.74) is 7.95. The lowest BCUT2D eigenvalue weighted by Gasteiger charge is -2.06. The third kappa shape index (κ3) is 2.32. The van der Waals surface area contributed by atoms with Gasteiger partial charge in [0.15, 0.2) is 0 Å². The molecule has 0 aliphatic rings. The van der Waals surface area contributed by atoms with E-state index in [0.717, 1.165) is 11.3 Å². The van der Waals surface area contributed by atoms with Crippen LogP contribution in [0.5, 0.6) is 0 Å². The minimum absolute atomic E-state index is 0.273. The summed E-state index contributed by atoms with van der Waals surface area (Å²) >= 11 is 0. The molecule has 0 aliphatic heterocycles. The maximum atomic E-state index is 11.1. The molecule has 0 bridgehead atoms. The van der Waals surface area contributed by atoms with Crippen LogP contribution in [0.4, 0.5) is 0 Å². The van der Waals surface area contributed by atoms with Crippen molar-refractivity contribution in [3.63, 3.8) is 0 Å². The Labute approximate surface area is 98.7 Å². The van der Waals surface area contributed by atoms with Gasteiger partial charge in [-0.15, -0.1) is 0 Å². The molecule has 0 saturated carbocycles.